The number of allylic oxidation sites excluding steroid dienone is 1. The predicted molar refractivity (Wildman–Crippen MR) is 103 cm³/mol. The van der Waals surface area contributed by atoms with Crippen molar-refractivity contribution in [2.45, 2.75) is 12.8 Å². The Labute approximate surface area is 155 Å². The number of aromatic nitrogens is 1. The molecule has 1 aromatic heterocycles. The van der Waals surface area contributed by atoms with E-state index in [0.717, 1.165) is 10.2 Å². The van der Waals surface area contributed by atoms with Gasteiger partial charge in [-0.2, -0.15) is 0 Å². The summed E-state index contributed by atoms with van der Waals surface area (Å²) in [5.41, 5.74) is 2.14. The number of esters is 1. The molecule has 0 atom stereocenters. The third-order valence-corrected chi connectivity index (χ3v) is 5.10. The Morgan fingerprint density at radius 1 is 1.08 bits per heavy atom. The Hall–Kier alpha value is -2.86. The van der Waals surface area contributed by atoms with Crippen LogP contribution in [0.1, 0.15) is 23.4 Å². The summed E-state index contributed by atoms with van der Waals surface area (Å²) in [7, 11) is 2.94. The monoisotopic (exact) mass is 369 g/mol. The summed E-state index contributed by atoms with van der Waals surface area (Å²) in [6, 6.07) is 14.9. The number of nitrogens with zero attached hydrogens (tertiary/aromatic N) is 1. The summed E-state index contributed by atoms with van der Waals surface area (Å²) in [5.74, 6) is 0.486. The number of aliphatic hydroxyl groups is 1. The van der Waals surface area contributed by atoms with Crippen LogP contribution < -0.4 is 4.74 Å². The number of aliphatic hydroxyl groups excluding tert-OH is 1. The van der Waals surface area contributed by atoms with E-state index < -0.39 is 0 Å². The molecule has 134 valence electrons. The minimum Gasteiger partial charge on any atom is -0.507 e. The van der Waals surface area contributed by atoms with Gasteiger partial charge < -0.3 is 14.6 Å². The summed E-state index contributed by atoms with van der Waals surface area (Å²) >= 11 is 1.49. The molecule has 1 N–H and O–H groups in total. The van der Waals surface area contributed by atoms with Gasteiger partial charge >= 0.3 is 5.97 Å². The van der Waals surface area contributed by atoms with Gasteiger partial charge in [0.25, 0.3) is 0 Å². The summed E-state index contributed by atoms with van der Waals surface area (Å²) in [4.78, 5) is 16.2. The molecule has 0 aliphatic heterocycles. The number of carbonyl (C=O) groups is 1. The molecule has 0 radical (unpaired) electrons. The molecule has 0 unspecified atom stereocenters. The molecule has 0 saturated carbocycles. The van der Waals surface area contributed by atoms with Crippen LogP contribution in [0.25, 0.3) is 21.5 Å². The Kier molecular flexibility index (Phi) is 5.53. The number of rotatable bonds is 6. The molecule has 0 fully saturated rings. The second-order valence-electron chi connectivity index (χ2n) is 5.62. The van der Waals surface area contributed by atoms with Gasteiger partial charge in [0.1, 0.15) is 16.5 Å². The number of ether oxygens (including phenoxy) is 2. The standard InChI is InChI=1S/C20H19NO4S/c1-24-14-9-7-13(8-10-14)19(23)15(11-12-18(22)25-2)20-21-16-5-3-4-6-17(16)26-20/h3-10,23H,11-12H2,1-2H3/b19-15-. The van der Waals surface area contributed by atoms with E-state index in [9.17, 15) is 9.90 Å². The number of methoxy groups -OCH3 is 2. The molecule has 1 heterocycles. The van der Waals surface area contributed by atoms with Crippen LogP contribution >= 0.6 is 11.3 Å². The maximum Gasteiger partial charge on any atom is 0.305 e. The largest absolute Gasteiger partial charge is 0.507 e. The minimum atomic E-state index is -0.328. The van der Waals surface area contributed by atoms with Gasteiger partial charge in [-0.3, -0.25) is 4.79 Å². The zero-order chi connectivity index (χ0) is 18.5. The van der Waals surface area contributed by atoms with Crippen LogP contribution in [0.5, 0.6) is 5.75 Å². The predicted octanol–water partition coefficient (Wildman–Crippen LogP) is 4.68. The van der Waals surface area contributed by atoms with Crippen LogP contribution in [0.3, 0.4) is 0 Å². The van der Waals surface area contributed by atoms with Gasteiger partial charge in [0.15, 0.2) is 0 Å². The SMILES string of the molecule is COC(=O)CC/C(=C(/O)c1ccc(OC)cc1)c1nc2ccccc2s1. The van der Waals surface area contributed by atoms with E-state index in [1.54, 1.807) is 31.4 Å². The molecule has 5 nitrogen and oxygen atoms in total. The van der Waals surface area contributed by atoms with Gasteiger partial charge in [-0.05, 0) is 42.8 Å². The Morgan fingerprint density at radius 2 is 1.81 bits per heavy atom. The van der Waals surface area contributed by atoms with Gasteiger partial charge in [-0.25, -0.2) is 4.98 Å². The third kappa shape index (κ3) is 3.86. The molecule has 0 saturated heterocycles. The molecule has 0 spiro atoms. The van der Waals surface area contributed by atoms with E-state index >= 15 is 0 Å². The van der Waals surface area contributed by atoms with Crippen LogP contribution in [-0.4, -0.2) is 30.3 Å². The lowest BCUT2D eigenvalue weighted by Crippen LogP contribution is -2.01. The van der Waals surface area contributed by atoms with Gasteiger partial charge in [0.05, 0.1) is 24.4 Å². The topological polar surface area (TPSA) is 68.7 Å². The van der Waals surface area contributed by atoms with Crippen molar-refractivity contribution in [1.29, 1.82) is 0 Å². The first kappa shape index (κ1) is 17.9. The van der Waals surface area contributed by atoms with Crippen molar-refractivity contribution >= 4 is 38.9 Å². The fraction of sp³-hybridized carbons (Fsp3) is 0.200. The van der Waals surface area contributed by atoms with Gasteiger partial charge in [-0.15, -0.1) is 11.3 Å². The average Bonchev–Trinajstić information content (AvgIpc) is 3.11. The maximum atomic E-state index is 11.6. The van der Waals surface area contributed by atoms with E-state index in [1.165, 1.54) is 18.4 Å². The van der Waals surface area contributed by atoms with Crippen LogP contribution in [0.2, 0.25) is 0 Å². The lowest BCUT2D eigenvalue weighted by Gasteiger charge is -2.09. The van der Waals surface area contributed by atoms with Crippen molar-refractivity contribution in [3.63, 3.8) is 0 Å². The highest BCUT2D eigenvalue weighted by Crippen LogP contribution is 2.34. The molecule has 0 amide bonds. The van der Waals surface area contributed by atoms with Crippen LogP contribution in [0.4, 0.5) is 0 Å². The number of benzene rings is 2. The van der Waals surface area contributed by atoms with Crippen molar-refractivity contribution < 1.29 is 19.4 Å². The van der Waals surface area contributed by atoms with E-state index in [2.05, 4.69) is 4.98 Å². The first-order chi connectivity index (χ1) is 12.6. The molecule has 2 aromatic carbocycles. The van der Waals surface area contributed by atoms with Crippen LogP contribution in [0, 0.1) is 0 Å². The molecular formula is C20H19NO4S. The quantitative estimate of drug-likeness (QED) is 0.504. The summed E-state index contributed by atoms with van der Waals surface area (Å²) in [6.07, 6.45) is 0.506. The average molecular weight is 369 g/mol. The first-order valence-electron chi connectivity index (χ1n) is 8.11. The number of thiazole rings is 1. The second-order valence-corrected chi connectivity index (χ2v) is 6.65. The van der Waals surface area contributed by atoms with E-state index in [4.69, 9.17) is 9.47 Å². The lowest BCUT2D eigenvalue weighted by atomic mass is 10.0. The minimum absolute atomic E-state index is 0.107. The fourth-order valence-electron chi connectivity index (χ4n) is 2.58. The number of hydrogen-bond donors (Lipinski definition) is 1. The highest BCUT2D eigenvalue weighted by Gasteiger charge is 2.17. The summed E-state index contributed by atoms with van der Waals surface area (Å²) in [6.45, 7) is 0. The van der Waals surface area contributed by atoms with Gasteiger partial charge in [-0.1, -0.05) is 12.1 Å². The van der Waals surface area contributed by atoms with Crippen molar-refractivity contribution in [2.24, 2.45) is 0 Å². The van der Waals surface area contributed by atoms with Crippen molar-refractivity contribution in [1.82, 2.24) is 4.98 Å². The maximum absolute atomic E-state index is 11.6. The van der Waals surface area contributed by atoms with E-state index in [-0.39, 0.29) is 18.1 Å². The zero-order valence-corrected chi connectivity index (χ0v) is 15.4. The molecule has 3 aromatic rings. The molecule has 3 rings (SSSR count). The number of hydrogen-bond acceptors (Lipinski definition) is 6. The molecule has 6 heteroatoms. The smallest absolute Gasteiger partial charge is 0.305 e. The number of fused-ring (bicyclic) bond motifs is 1. The number of para-hydroxylation sites is 1. The molecule has 0 aliphatic carbocycles. The zero-order valence-electron chi connectivity index (χ0n) is 14.6. The molecule has 0 aliphatic rings. The van der Waals surface area contributed by atoms with Crippen LogP contribution in [0.15, 0.2) is 48.5 Å². The lowest BCUT2D eigenvalue weighted by molar-refractivity contribution is -0.140. The summed E-state index contributed by atoms with van der Waals surface area (Å²) < 4.78 is 10.9. The van der Waals surface area contributed by atoms with Crippen LogP contribution in [-0.2, 0) is 9.53 Å². The highest BCUT2D eigenvalue weighted by molar-refractivity contribution is 7.19. The van der Waals surface area contributed by atoms with Crippen molar-refractivity contribution in [3.8, 4) is 5.75 Å². The normalized spacial score (nSPS) is 11.9. The van der Waals surface area contributed by atoms with Gasteiger partial charge in [0.2, 0.25) is 0 Å². The molecular weight excluding hydrogens is 350 g/mol. The fourth-order valence-corrected chi connectivity index (χ4v) is 3.62. The van der Waals surface area contributed by atoms with E-state index in [1.807, 2.05) is 24.3 Å². The van der Waals surface area contributed by atoms with Crippen molar-refractivity contribution in [2.75, 3.05) is 14.2 Å². The number of carbonyl (C=O) groups excluding carboxylic acids is 1. The Morgan fingerprint density at radius 3 is 2.46 bits per heavy atom. The Bertz CT molecular complexity index is 911. The Balaban J connectivity index is 2.04. The van der Waals surface area contributed by atoms with Crippen molar-refractivity contribution in [3.05, 3.63) is 59.1 Å². The third-order valence-electron chi connectivity index (χ3n) is 4.01. The highest BCUT2D eigenvalue weighted by atomic mass is 32.1. The second kappa shape index (κ2) is 8.01. The molecule has 0 bridgehead atoms. The van der Waals surface area contributed by atoms with Gasteiger partial charge in [0, 0.05) is 17.6 Å². The first-order valence-corrected chi connectivity index (χ1v) is 8.93. The molecule has 26 heavy (non-hydrogen) atoms. The van der Waals surface area contributed by atoms with E-state index in [0.29, 0.717) is 28.3 Å². The summed E-state index contributed by atoms with van der Waals surface area (Å²) in [5, 5.41) is 11.6.